The van der Waals surface area contributed by atoms with E-state index in [4.69, 9.17) is 23.7 Å². The lowest BCUT2D eigenvalue weighted by molar-refractivity contribution is -0.263. The monoisotopic (exact) mass is 517 g/mol. The highest BCUT2D eigenvalue weighted by molar-refractivity contribution is 6.01. The van der Waals surface area contributed by atoms with Gasteiger partial charge in [-0.1, -0.05) is 30.3 Å². The van der Waals surface area contributed by atoms with Crippen molar-refractivity contribution in [2.24, 2.45) is 0 Å². The van der Waals surface area contributed by atoms with Crippen LogP contribution in [0.15, 0.2) is 36.4 Å². The summed E-state index contributed by atoms with van der Waals surface area (Å²) in [7, 11) is 0. The van der Waals surface area contributed by atoms with E-state index in [9.17, 15) is 29.1 Å². The normalized spacial score (nSPS) is 23.0. The molecular formula is C25H27NO11. The van der Waals surface area contributed by atoms with Crippen LogP contribution >= 0.6 is 0 Å². The highest BCUT2D eigenvalue weighted by atomic mass is 16.7. The van der Waals surface area contributed by atoms with E-state index in [1.807, 2.05) is 0 Å². The van der Waals surface area contributed by atoms with E-state index in [0.717, 1.165) is 20.8 Å². The lowest BCUT2D eigenvalue weighted by Gasteiger charge is -2.44. The van der Waals surface area contributed by atoms with Gasteiger partial charge >= 0.3 is 23.9 Å². The number of carbonyl (C=O) groups excluding carboxylic acids is 5. The third-order valence-corrected chi connectivity index (χ3v) is 5.41. The van der Waals surface area contributed by atoms with Crippen molar-refractivity contribution in [3.8, 4) is 5.75 Å². The first-order valence-corrected chi connectivity index (χ1v) is 11.3. The van der Waals surface area contributed by atoms with Gasteiger partial charge in [0.25, 0.3) is 0 Å². The summed E-state index contributed by atoms with van der Waals surface area (Å²) < 4.78 is 27.0. The first-order chi connectivity index (χ1) is 17.5. The molecule has 5 unspecified atom stereocenters. The number of phenolic OH excluding ortho intramolecular Hbond substituents is 1. The molecule has 0 bridgehead atoms. The fourth-order valence-electron chi connectivity index (χ4n) is 3.98. The molecule has 3 rings (SSSR count). The van der Waals surface area contributed by atoms with Crippen LogP contribution in [0.1, 0.15) is 38.1 Å². The standard InChI is InChI=1S/C25H27NO11/c1-12(27)26-20-23(35-15(4)30)22(34-14(3)29)19(11-33-13(2)28)36-25(20)37-24(32)18-10-9-16-7-5-6-8-17(16)21(18)31/h5-10,19-20,22-23,25,31H,11H2,1-4H3,(H,26,27). The Bertz CT molecular complexity index is 1210. The molecule has 1 aliphatic rings. The number of ether oxygens (including phenoxy) is 5. The van der Waals surface area contributed by atoms with Crippen molar-refractivity contribution in [2.45, 2.75) is 58.3 Å². The number of esters is 4. The van der Waals surface area contributed by atoms with Gasteiger partial charge in [-0.25, -0.2) is 4.79 Å². The van der Waals surface area contributed by atoms with E-state index in [1.54, 1.807) is 30.3 Å². The number of fused-ring (bicyclic) bond motifs is 1. The Morgan fingerprint density at radius 2 is 1.51 bits per heavy atom. The summed E-state index contributed by atoms with van der Waals surface area (Å²) in [5.74, 6) is -4.17. The second-order valence-corrected chi connectivity index (χ2v) is 8.31. The topological polar surface area (TPSA) is 164 Å². The zero-order valence-electron chi connectivity index (χ0n) is 20.6. The molecule has 12 nitrogen and oxygen atoms in total. The van der Waals surface area contributed by atoms with E-state index in [0.29, 0.717) is 10.8 Å². The van der Waals surface area contributed by atoms with Gasteiger partial charge in [0.05, 0.1) is 0 Å². The van der Waals surface area contributed by atoms with Crippen molar-refractivity contribution < 1.29 is 52.8 Å². The average molecular weight is 517 g/mol. The summed E-state index contributed by atoms with van der Waals surface area (Å²) >= 11 is 0. The van der Waals surface area contributed by atoms with Crippen LogP contribution in [0.4, 0.5) is 0 Å². The van der Waals surface area contributed by atoms with E-state index < -0.39 is 67.0 Å². The Balaban J connectivity index is 2.00. The van der Waals surface area contributed by atoms with Gasteiger partial charge in [0.15, 0.2) is 12.2 Å². The number of carbonyl (C=O) groups is 5. The van der Waals surface area contributed by atoms with Crippen LogP contribution in [0.5, 0.6) is 5.75 Å². The highest BCUT2D eigenvalue weighted by Gasteiger charge is 2.52. The molecule has 2 N–H and O–H groups in total. The van der Waals surface area contributed by atoms with Crippen LogP contribution in [0, 0.1) is 0 Å². The number of benzene rings is 2. The molecular weight excluding hydrogens is 490 g/mol. The number of aromatic hydroxyl groups is 1. The molecule has 1 fully saturated rings. The zero-order valence-corrected chi connectivity index (χ0v) is 20.6. The number of amides is 1. The van der Waals surface area contributed by atoms with E-state index in [1.165, 1.54) is 13.0 Å². The second kappa shape index (κ2) is 11.7. The van der Waals surface area contributed by atoms with E-state index in [2.05, 4.69) is 5.32 Å². The minimum absolute atomic E-state index is 0.188. The van der Waals surface area contributed by atoms with Crippen molar-refractivity contribution in [1.82, 2.24) is 5.32 Å². The van der Waals surface area contributed by atoms with Gasteiger partial charge in [-0.2, -0.15) is 0 Å². The quantitative estimate of drug-likeness (QED) is 0.402. The molecule has 0 aliphatic carbocycles. The maximum Gasteiger partial charge on any atom is 0.344 e. The van der Waals surface area contributed by atoms with Crippen LogP contribution < -0.4 is 5.32 Å². The van der Waals surface area contributed by atoms with Gasteiger partial charge in [-0.15, -0.1) is 0 Å². The first-order valence-electron chi connectivity index (χ1n) is 11.3. The van der Waals surface area contributed by atoms with Gasteiger partial charge < -0.3 is 34.1 Å². The molecule has 1 saturated heterocycles. The molecule has 2 aromatic carbocycles. The number of nitrogens with one attached hydrogen (secondary N) is 1. The van der Waals surface area contributed by atoms with Gasteiger partial charge in [0.2, 0.25) is 12.2 Å². The Morgan fingerprint density at radius 3 is 2.14 bits per heavy atom. The smallest absolute Gasteiger partial charge is 0.344 e. The minimum Gasteiger partial charge on any atom is -0.506 e. The van der Waals surface area contributed by atoms with Gasteiger partial charge in [-0.05, 0) is 11.5 Å². The highest BCUT2D eigenvalue weighted by Crippen LogP contribution is 2.32. The predicted octanol–water partition coefficient (Wildman–Crippen LogP) is 1.36. The third-order valence-electron chi connectivity index (χ3n) is 5.41. The molecule has 0 spiro atoms. The average Bonchev–Trinajstić information content (AvgIpc) is 2.81. The molecule has 2 aromatic rings. The van der Waals surface area contributed by atoms with Gasteiger partial charge in [0, 0.05) is 33.1 Å². The molecule has 1 amide bonds. The summed E-state index contributed by atoms with van der Waals surface area (Å²) in [5.41, 5.74) is -0.188. The largest absolute Gasteiger partial charge is 0.506 e. The number of hydrogen-bond donors (Lipinski definition) is 2. The summed E-state index contributed by atoms with van der Waals surface area (Å²) in [4.78, 5) is 60.3. The Kier molecular flexibility index (Phi) is 8.66. The minimum atomic E-state index is -1.60. The summed E-state index contributed by atoms with van der Waals surface area (Å²) in [6, 6.07) is 8.47. The maximum absolute atomic E-state index is 13.1. The van der Waals surface area contributed by atoms with Crippen molar-refractivity contribution in [1.29, 1.82) is 0 Å². The van der Waals surface area contributed by atoms with Gasteiger partial charge in [-0.3, -0.25) is 19.2 Å². The lowest BCUT2D eigenvalue weighted by atomic mass is 9.96. The summed E-state index contributed by atoms with van der Waals surface area (Å²) in [6.45, 7) is 4.07. The lowest BCUT2D eigenvalue weighted by Crippen LogP contribution is -2.66. The number of rotatable bonds is 7. The molecule has 12 heteroatoms. The summed E-state index contributed by atoms with van der Waals surface area (Å²) in [5, 5.41) is 14.3. The second-order valence-electron chi connectivity index (χ2n) is 8.31. The van der Waals surface area contributed by atoms with Crippen LogP contribution in [0.3, 0.4) is 0 Å². The SMILES string of the molecule is CC(=O)NC1C(OC(=O)c2ccc3ccccc3c2O)OC(COC(C)=O)C(OC(C)=O)C1OC(C)=O. The molecule has 0 saturated carbocycles. The molecule has 37 heavy (non-hydrogen) atoms. The molecule has 0 aromatic heterocycles. The third kappa shape index (κ3) is 6.73. The van der Waals surface area contributed by atoms with E-state index in [-0.39, 0.29) is 11.3 Å². The molecule has 1 aliphatic heterocycles. The predicted molar refractivity (Wildman–Crippen MR) is 125 cm³/mol. The Hall–Kier alpha value is -4.19. The molecule has 0 radical (unpaired) electrons. The number of hydrogen-bond acceptors (Lipinski definition) is 11. The van der Waals surface area contributed by atoms with Gasteiger partial charge in [0.1, 0.15) is 30.1 Å². The fourth-order valence-corrected chi connectivity index (χ4v) is 3.98. The fraction of sp³-hybridized carbons (Fsp3) is 0.400. The van der Waals surface area contributed by atoms with Crippen LogP contribution in [0.25, 0.3) is 10.8 Å². The van der Waals surface area contributed by atoms with Crippen LogP contribution in [0.2, 0.25) is 0 Å². The zero-order chi connectivity index (χ0) is 27.3. The van der Waals surface area contributed by atoms with Crippen molar-refractivity contribution in [2.75, 3.05) is 6.61 Å². The van der Waals surface area contributed by atoms with Crippen molar-refractivity contribution in [3.05, 3.63) is 42.0 Å². The number of phenols is 1. The van der Waals surface area contributed by atoms with Crippen molar-refractivity contribution >= 4 is 40.6 Å². The summed E-state index contributed by atoms with van der Waals surface area (Å²) in [6.07, 6.45) is -5.56. The molecule has 1 heterocycles. The van der Waals surface area contributed by atoms with Crippen molar-refractivity contribution in [3.63, 3.8) is 0 Å². The Morgan fingerprint density at radius 1 is 0.865 bits per heavy atom. The van der Waals surface area contributed by atoms with E-state index >= 15 is 0 Å². The first kappa shape index (κ1) is 27.4. The maximum atomic E-state index is 13.1. The van der Waals surface area contributed by atoms with Crippen LogP contribution in [-0.4, -0.2) is 72.1 Å². The van der Waals surface area contributed by atoms with Crippen LogP contribution in [-0.2, 0) is 42.9 Å². The molecule has 198 valence electrons. The Labute approximate surface area is 211 Å². The molecule has 5 atom stereocenters.